The van der Waals surface area contributed by atoms with Gasteiger partial charge in [0.15, 0.2) is 0 Å². The Kier molecular flexibility index (Phi) is 6.17. The molecule has 2 heterocycles. The van der Waals surface area contributed by atoms with Gasteiger partial charge < -0.3 is 20.6 Å². The van der Waals surface area contributed by atoms with Crippen molar-refractivity contribution < 1.29 is 29.1 Å². The van der Waals surface area contributed by atoms with Gasteiger partial charge in [-0.15, -0.1) is 0 Å². The van der Waals surface area contributed by atoms with E-state index in [1.807, 2.05) is 0 Å². The molecule has 2 aliphatic rings. The minimum absolute atomic E-state index is 0.169. The first-order valence-corrected chi connectivity index (χ1v) is 10.6. The molecule has 4 rings (SSSR count). The summed E-state index contributed by atoms with van der Waals surface area (Å²) >= 11 is 0. The van der Waals surface area contributed by atoms with Crippen molar-refractivity contribution in [2.24, 2.45) is 0 Å². The van der Waals surface area contributed by atoms with Crippen molar-refractivity contribution in [2.75, 3.05) is 17.3 Å². The second-order valence-corrected chi connectivity index (χ2v) is 8.06. The largest absolute Gasteiger partial charge is 0.465 e. The van der Waals surface area contributed by atoms with E-state index in [4.69, 9.17) is 0 Å². The number of hydrogen-bond acceptors (Lipinski definition) is 5. The number of carbonyl (C=O) groups excluding carboxylic acids is 4. The lowest BCUT2D eigenvalue weighted by Gasteiger charge is -2.29. The number of carboxylic acid groups (broad SMARTS) is 1. The fourth-order valence-corrected chi connectivity index (χ4v) is 4.06. The van der Waals surface area contributed by atoms with Gasteiger partial charge in [-0.25, -0.2) is 9.59 Å². The maximum atomic E-state index is 12.8. The van der Waals surface area contributed by atoms with Gasteiger partial charge >= 0.3 is 12.1 Å². The molecule has 34 heavy (non-hydrogen) atoms. The van der Waals surface area contributed by atoms with Crippen LogP contribution in [0.25, 0.3) is 0 Å². The lowest BCUT2D eigenvalue weighted by molar-refractivity contribution is -0.136. The van der Waals surface area contributed by atoms with Gasteiger partial charge in [0.25, 0.3) is 5.91 Å². The first-order chi connectivity index (χ1) is 16.2. The van der Waals surface area contributed by atoms with E-state index in [9.17, 15) is 29.1 Å². The predicted octanol–water partition coefficient (Wildman–Crippen LogP) is 1.88. The molecule has 0 aromatic heterocycles. The van der Waals surface area contributed by atoms with Crippen molar-refractivity contribution in [1.82, 2.24) is 15.5 Å². The molecular formula is C23H23N5O6. The van der Waals surface area contributed by atoms with Gasteiger partial charge in [-0.05, 0) is 35.7 Å². The van der Waals surface area contributed by atoms with Crippen LogP contribution in [0.2, 0.25) is 0 Å². The third kappa shape index (κ3) is 4.53. The highest BCUT2D eigenvalue weighted by molar-refractivity contribution is 6.05. The summed E-state index contributed by atoms with van der Waals surface area (Å²) in [6.07, 6.45) is -0.683. The van der Waals surface area contributed by atoms with Crippen LogP contribution in [-0.4, -0.2) is 52.9 Å². The Hall–Kier alpha value is -4.41. The molecule has 0 bridgehead atoms. The van der Waals surface area contributed by atoms with Gasteiger partial charge in [-0.3, -0.25) is 24.6 Å². The molecule has 0 spiro atoms. The Morgan fingerprint density at radius 2 is 1.94 bits per heavy atom. The van der Waals surface area contributed by atoms with Crippen molar-refractivity contribution in [1.29, 1.82) is 0 Å². The quantitative estimate of drug-likeness (QED) is 0.496. The molecule has 2 aromatic carbocycles. The highest BCUT2D eigenvalue weighted by Gasteiger charge is 2.39. The van der Waals surface area contributed by atoms with Crippen molar-refractivity contribution in [2.45, 2.75) is 32.0 Å². The lowest BCUT2D eigenvalue weighted by Crippen LogP contribution is -2.52. The van der Waals surface area contributed by atoms with Crippen molar-refractivity contribution >= 4 is 41.2 Å². The zero-order chi connectivity index (χ0) is 24.4. The van der Waals surface area contributed by atoms with E-state index >= 15 is 0 Å². The lowest BCUT2D eigenvalue weighted by atomic mass is 10.0. The number of rotatable bonds is 5. The molecule has 6 amide bonds. The highest BCUT2D eigenvalue weighted by atomic mass is 16.4. The number of para-hydroxylation sites is 2. The number of anilines is 2. The van der Waals surface area contributed by atoms with Gasteiger partial charge in [-0.2, -0.15) is 0 Å². The summed E-state index contributed by atoms with van der Waals surface area (Å²) in [5.74, 6) is -1.07. The van der Waals surface area contributed by atoms with Crippen LogP contribution in [0.4, 0.5) is 21.0 Å². The molecule has 2 aliphatic heterocycles. The molecule has 176 valence electrons. The monoisotopic (exact) mass is 465 g/mol. The van der Waals surface area contributed by atoms with E-state index < -0.39 is 24.1 Å². The standard InChI is InChI=1S/C23H23N5O6/c1-27(23(33)34)17-5-3-2-4-16(17)25-22(32)24-11-13-6-7-15-14(10-13)12-28(21(15)31)18-8-9-19(29)26-20(18)30/h2-7,10,18H,8-9,11-12H2,1H3,(H,33,34)(H2,24,25,32)(H,26,29,30). The number of benzene rings is 2. The van der Waals surface area contributed by atoms with E-state index in [1.54, 1.807) is 42.5 Å². The summed E-state index contributed by atoms with van der Waals surface area (Å²) in [5, 5.41) is 16.8. The molecule has 0 radical (unpaired) electrons. The number of carbonyl (C=O) groups is 5. The van der Waals surface area contributed by atoms with Crippen LogP contribution in [0.3, 0.4) is 0 Å². The van der Waals surface area contributed by atoms with Crippen LogP contribution >= 0.6 is 0 Å². The molecular weight excluding hydrogens is 442 g/mol. The molecule has 11 nitrogen and oxygen atoms in total. The van der Waals surface area contributed by atoms with E-state index in [2.05, 4.69) is 16.0 Å². The van der Waals surface area contributed by atoms with Crippen LogP contribution in [-0.2, 0) is 22.7 Å². The van der Waals surface area contributed by atoms with E-state index in [0.29, 0.717) is 16.9 Å². The number of piperidine rings is 1. The third-order valence-corrected chi connectivity index (χ3v) is 5.84. The number of nitrogens with zero attached hydrogens (tertiary/aromatic N) is 2. The number of nitrogens with one attached hydrogen (secondary N) is 3. The van der Waals surface area contributed by atoms with Crippen molar-refractivity contribution in [3.8, 4) is 0 Å². The normalized spacial score (nSPS) is 17.1. The smallest absolute Gasteiger partial charge is 0.411 e. The molecule has 0 aliphatic carbocycles. The van der Waals surface area contributed by atoms with Gasteiger partial charge in [-0.1, -0.05) is 24.3 Å². The number of hydrogen-bond donors (Lipinski definition) is 4. The minimum Gasteiger partial charge on any atom is -0.465 e. The Bertz CT molecular complexity index is 1200. The number of urea groups is 1. The average Bonchev–Trinajstić information content (AvgIpc) is 3.13. The molecule has 1 fully saturated rings. The summed E-state index contributed by atoms with van der Waals surface area (Å²) in [7, 11) is 1.38. The first-order valence-electron chi connectivity index (χ1n) is 10.6. The highest BCUT2D eigenvalue weighted by Crippen LogP contribution is 2.28. The van der Waals surface area contributed by atoms with Gasteiger partial charge in [0.1, 0.15) is 6.04 Å². The Morgan fingerprint density at radius 1 is 1.18 bits per heavy atom. The molecule has 0 saturated carbocycles. The average molecular weight is 465 g/mol. The van der Waals surface area contributed by atoms with Gasteiger partial charge in [0, 0.05) is 32.1 Å². The summed E-state index contributed by atoms with van der Waals surface area (Å²) in [4.78, 5) is 62.5. The maximum absolute atomic E-state index is 12.8. The molecule has 1 atom stereocenters. The molecule has 11 heteroatoms. The second-order valence-electron chi connectivity index (χ2n) is 8.06. The summed E-state index contributed by atoms with van der Waals surface area (Å²) in [6.45, 7) is 0.415. The second kappa shape index (κ2) is 9.22. The van der Waals surface area contributed by atoms with Crippen LogP contribution in [0.5, 0.6) is 0 Å². The topological polar surface area (TPSA) is 148 Å². The summed E-state index contributed by atoms with van der Waals surface area (Å²) in [6, 6.07) is 10.5. The van der Waals surface area contributed by atoms with Gasteiger partial charge in [0.05, 0.1) is 11.4 Å². The van der Waals surface area contributed by atoms with Crippen LogP contribution in [0, 0.1) is 0 Å². The number of fused-ring (bicyclic) bond motifs is 1. The van der Waals surface area contributed by atoms with Crippen molar-refractivity contribution in [3.63, 3.8) is 0 Å². The predicted molar refractivity (Wildman–Crippen MR) is 121 cm³/mol. The Balaban J connectivity index is 1.39. The van der Waals surface area contributed by atoms with E-state index in [1.165, 1.54) is 11.9 Å². The molecule has 1 unspecified atom stereocenters. The molecule has 2 aromatic rings. The fraction of sp³-hybridized carbons (Fsp3) is 0.261. The fourth-order valence-electron chi connectivity index (χ4n) is 4.06. The maximum Gasteiger partial charge on any atom is 0.411 e. The summed E-state index contributed by atoms with van der Waals surface area (Å²) < 4.78 is 0. The van der Waals surface area contributed by atoms with E-state index in [-0.39, 0.29) is 37.7 Å². The number of amides is 6. The van der Waals surface area contributed by atoms with Crippen LogP contribution in [0.1, 0.15) is 34.3 Å². The van der Waals surface area contributed by atoms with Gasteiger partial charge in [0.2, 0.25) is 11.8 Å². The van der Waals surface area contributed by atoms with Crippen LogP contribution in [0.15, 0.2) is 42.5 Å². The molecule has 1 saturated heterocycles. The van der Waals surface area contributed by atoms with Crippen LogP contribution < -0.4 is 20.9 Å². The molecule has 4 N–H and O–H groups in total. The summed E-state index contributed by atoms with van der Waals surface area (Å²) in [5.41, 5.74) is 2.65. The van der Waals surface area contributed by atoms with Crippen molar-refractivity contribution in [3.05, 3.63) is 59.2 Å². The zero-order valence-electron chi connectivity index (χ0n) is 18.3. The number of imide groups is 1. The van der Waals surface area contributed by atoms with E-state index in [0.717, 1.165) is 16.0 Å². The zero-order valence-corrected chi connectivity index (χ0v) is 18.3. The SMILES string of the molecule is CN(C(=O)O)c1ccccc1NC(=O)NCc1ccc2c(c1)CN(C1CCC(=O)NC1=O)C2=O. The first kappa shape index (κ1) is 22.8. The third-order valence-electron chi connectivity index (χ3n) is 5.84. The Labute approximate surface area is 194 Å². The minimum atomic E-state index is -1.16. The Morgan fingerprint density at radius 3 is 2.68 bits per heavy atom.